The van der Waals surface area contributed by atoms with E-state index in [9.17, 15) is 4.79 Å². The zero-order valence-electron chi connectivity index (χ0n) is 10.2. The molecular weight excluding hydrogens is 356 g/mol. The number of carbonyl (C=O) groups excluding carboxylic acids is 1. The van der Waals surface area contributed by atoms with E-state index in [1.807, 2.05) is 40.4 Å². The maximum absolute atomic E-state index is 11.9. The van der Waals surface area contributed by atoms with Crippen LogP contribution in [0.5, 0.6) is 0 Å². The number of amides is 1. The molecule has 6 heteroatoms. The van der Waals surface area contributed by atoms with Gasteiger partial charge in [-0.1, -0.05) is 28.1 Å². The van der Waals surface area contributed by atoms with E-state index in [4.69, 9.17) is 0 Å². The molecule has 0 aliphatic heterocycles. The number of nitrogens with zero attached hydrogens (tertiary/aromatic N) is 1. The average Bonchev–Trinajstić information content (AvgIpc) is 3.10. The fraction of sp³-hybridized carbons (Fsp3) is 0. The molecule has 3 rings (SSSR count). The van der Waals surface area contributed by atoms with Crippen LogP contribution >= 0.6 is 38.6 Å². The summed E-state index contributed by atoms with van der Waals surface area (Å²) in [5.41, 5.74) is 2.54. The van der Waals surface area contributed by atoms with Crippen LogP contribution in [-0.2, 0) is 0 Å². The molecule has 3 nitrogen and oxygen atoms in total. The predicted molar refractivity (Wildman–Crippen MR) is 87.5 cm³/mol. The Labute approximate surface area is 132 Å². The van der Waals surface area contributed by atoms with Crippen molar-refractivity contribution in [1.29, 1.82) is 0 Å². The smallest absolute Gasteiger partial charge is 0.258 e. The molecule has 1 N–H and O–H groups in total. The maximum atomic E-state index is 11.9. The van der Waals surface area contributed by atoms with Crippen LogP contribution in [0.3, 0.4) is 0 Å². The molecule has 1 amide bonds. The van der Waals surface area contributed by atoms with Crippen LogP contribution in [0, 0.1) is 0 Å². The largest absolute Gasteiger partial charge is 0.298 e. The second-order valence-corrected chi connectivity index (χ2v) is 6.57. The van der Waals surface area contributed by atoms with Crippen molar-refractivity contribution in [1.82, 2.24) is 4.98 Å². The van der Waals surface area contributed by atoms with E-state index in [-0.39, 0.29) is 5.91 Å². The van der Waals surface area contributed by atoms with E-state index in [1.165, 1.54) is 22.7 Å². The lowest BCUT2D eigenvalue weighted by Crippen LogP contribution is -2.10. The van der Waals surface area contributed by atoms with Gasteiger partial charge in [-0.05, 0) is 23.6 Å². The van der Waals surface area contributed by atoms with Gasteiger partial charge in [0.25, 0.3) is 5.91 Å². The van der Waals surface area contributed by atoms with Gasteiger partial charge in [0, 0.05) is 20.8 Å². The monoisotopic (exact) mass is 364 g/mol. The summed E-state index contributed by atoms with van der Waals surface area (Å²) >= 11 is 6.36. The van der Waals surface area contributed by atoms with Gasteiger partial charge in [0.1, 0.15) is 0 Å². The summed E-state index contributed by atoms with van der Waals surface area (Å²) in [7, 11) is 0. The van der Waals surface area contributed by atoms with Crippen LogP contribution < -0.4 is 5.32 Å². The van der Waals surface area contributed by atoms with E-state index in [0.717, 1.165) is 15.7 Å². The summed E-state index contributed by atoms with van der Waals surface area (Å²) in [6, 6.07) is 9.71. The van der Waals surface area contributed by atoms with Gasteiger partial charge in [-0.15, -0.1) is 11.3 Å². The summed E-state index contributed by atoms with van der Waals surface area (Å²) in [6.45, 7) is 0. The lowest BCUT2D eigenvalue weighted by molar-refractivity contribution is 0.102. The van der Waals surface area contributed by atoms with E-state index in [1.54, 1.807) is 6.07 Å². The second kappa shape index (κ2) is 5.87. The van der Waals surface area contributed by atoms with Crippen molar-refractivity contribution in [2.75, 3.05) is 5.32 Å². The number of thiazole rings is 1. The minimum absolute atomic E-state index is 0.124. The predicted octanol–water partition coefficient (Wildman–Crippen LogP) is 4.89. The van der Waals surface area contributed by atoms with Crippen molar-refractivity contribution in [3.8, 4) is 11.3 Å². The third kappa shape index (κ3) is 2.98. The Balaban J connectivity index is 1.79. The Morgan fingerprint density at radius 3 is 2.90 bits per heavy atom. The summed E-state index contributed by atoms with van der Waals surface area (Å²) in [4.78, 5) is 16.4. The highest BCUT2D eigenvalue weighted by Crippen LogP contribution is 2.27. The first-order valence-corrected chi connectivity index (χ1v) is 8.39. The summed E-state index contributed by atoms with van der Waals surface area (Å²) < 4.78 is 1.01. The topological polar surface area (TPSA) is 42.0 Å². The number of carbonyl (C=O) groups is 1. The Hall–Kier alpha value is -1.50. The molecule has 3 aromatic rings. The molecule has 0 atom stereocenters. The molecule has 0 spiro atoms. The standard InChI is InChI=1S/C14H9BrN2OS2/c15-11-3-1-2-9(6-11)12-8-20-14(16-12)17-13(18)10-4-5-19-7-10/h1-8H,(H,16,17,18). The van der Waals surface area contributed by atoms with Gasteiger partial charge in [-0.3, -0.25) is 10.1 Å². The number of halogens is 1. The summed E-state index contributed by atoms with van der Waals surface area (Å²) in [5, 5.41) is 9.05. The molecule has 0 bridgehead atoms. The number of aromatic nitrogens is 1. The van der Waals surface area contributed by atoms with Crippen LogP contribution in [0.15, 0.2) is 50.9 Å². The van der Waals surface area contributed by atoms with E-state index < -0.39 is 0 Å². The Morgan fingerprint density at radius 1 is 1.25 bits per heavy atom. The zero-order chi connectivity index (χ0) is 13.9. The molecule has 0 saturated heterocycles. The zero-order valence-corrected chi connectivity index (χ0v) is 13.4. The minimum atomic E-state index is -0.124. The molecule has 0 radical (unpaired) electrons. The van der Waals surface area contributed by atoms with Gasteiger partial charge in [0.2, 0.25) is 0 Å². The van der Waals surface area contributed by atoms with Crippen LogP contribution in [0.25, 0.3) is 11.3 Å². The number of hydrogen-bond donors (Lipinski definition) is 1. The highest BCUT2D eigenvalue weighted by molar-refractivity contribution is 9.10. The highest BCUT2D eigenvalue weighted by atomic mass is 79.9. The molecule has 2 aromatic heterocycles. The Kier molecular flexibility index (Phi) is 3.95. The fourth-order valence-corrected chi connectivity index (χ4v) is 3.42. The number of thiophene rings is 1. The van der Waals surface area contributed by atoms with E-state index in [0.29, 0.717) is 10.7 Å². The number of anilines is 1. The lowest BCUT2D eigenvalue weighted by atomic mass is 10.2. The number of nitrogens with one attached hydrogen (secondary N) is 1. The Bertz CT molecular complexity index is 737. The van der Waals surface area contributed by atoms with Gasteiger partial charge >= 0.3 is 0 Å². The van der Waals surface area contributed by atoms with Gasteiger partial charge in [0.15, 0.2) is 5.13 Å². The fourth-order valence-electron chi connectivity index (χ4n) is 1.67. The molecule has 0 aliphatic rings. The molecule has 0 aliphatic carbocycles. The van der Waals surface area contributed by atoms with Crippen molar-refractivity contribution < 1.29 is 4.79 Å². The van der Waals surface area contributed by atoms with Gasteiger partial charge < -0.3 is 0 Å². The van der Waals surface area contributed by atoms with E-state index >= 15 is 0 Å². The summed E-state index contributed by atoms with van der Waals surface area (Å²) in [6.07, 6.45) is 0. The van der Waals surface area contributed by atoms with Crippen molar-refractivity contribution in [2.24, 2.45) is 0 Å². The number of rotatable bonds is 3. The maximum Gasteiger partial charge on any atom is 0.258 e. The van der Waals surface area contributed by atoms with Crippen LogP contribution in [0.2, 0.25) is 0 Å². The molecule has 100 valence electrons. The van der Waals surface area contributed by atoms with Gasteiger partial charge in [-0.2, -0.15) is 11.3 Å². The van der Waals surface area contributed by atoms with Crippen molar-refractivity contribution in [3.05, 3.63) is 56.5 Å². The normalized spacial score (nSPS) is 10.4. The Morgan fingerprint density at radius 2 is 2.15 bits per heavy atom. The van der Waals surface area contributed by atoms with Crippen molar-refractivity contribution >= 4 is 49.6 Å². The quantitative estimate of drug-likeness (QED) is 0.718. The summed E-state index contributed by atoms with van der Waals surface area (Å²) in [5.74, 6) is -0.124. The first-order valence-electron chi connectivity index (χ1n) is 5.77. The number of hydrogen-bond acceptors (Lipinski definition) is 4. The molecule has 0 saturated carbocycles. The first-order chi connectivity index (χ1) is 9.72. The third-order valence-electron chi connectivity index (χ3n) is 2.63. The molecule has 2 heterocycles. The first kappa shape index (κ1) is 13.5. The van der Waals surface area contributed by atoms with Crippen LogP contribution in [-0.4, -0.2) is 10.9 Å². The molecule has 0 fully saturated rings. The third-order valence-corrected chi connectivity index (χ3v) is 4.56. The highest BCUT2D eigenvalue weighted by Gasteiger charge is 2.10. The van der Waals surface area contributed by atoms with E-state index in [2.05, 4.69) is 26.2 Å². The SMILES string of the molecule is O=C(Nc1nc(-c2cccc(Br)c2)cs1)c1ccsc1. The lowest BCUT2D eigenvalue weighted by Gasteiger charge is -1.99. The second-order valence-electron chi connectivity index (χ2n) is 4.01. The number of benzene rings is 1. The molecule has 20 heavy (non-hydrogen) atoms. The minimum Gasteiger partial charge on any atom is -0.298 e. The van der Waals surface area contributed by atoms with Crippen LogP contribution in [0.1, 0.15) is 10.4 Å². The van der Waals surface area contributed by atoms with Gasteiger partial charge in [-0.25, -0.2) is 4.98 Å². The average molecular weight is 365 g/mol. The molecule has 1 aromatic carbocycles. The van der Waals surface area contributed by atoms with Crippen molar-refractivity contribution in [2.45, 2.75) is 0 Å². The molecular formula is C14H9BrN2OS2. The van der Waals surface area contributed by atoms with Crippen molar-refractivity contribution in [3.63, 3.8) is 0 Å². The van der Waals surface area contributed by atoms with Crippen LogP contribution in [0.4, 0.5) is 5.13 Å². The van der Waals surface area contributed by atoms with Gasteiger partial charge in [0.05, 0.1) is 11.3 Å². The molecule has 0 unspecified atom stereocenters.